The van der Waals surface area contributed by atoms with Gasteiger partial charge in [-0.3, -0.25) is 0 Å². The average Bonchev–Trinajstić information content (AvgIpc) is 1.99. The second kappa shape index (κ2) is 3.33. The van der Waals surface area contributed by atoms with Crippen molar-refractivity contribution >= 4 is 34.1 Å². The number of halogens is 4. The van der Waals surface area contributed by atoms with Gasteiger partial charge in [0.2, 0.25) is 0 Å². The highest BCUT2D eigenvalue weighted by atomic mass is 35.5. The number of rotatable bonds is 0. The summed E-state index contributed by atoms with van der Waals surface area (Å²) >= 11 is 11.3. The number of aromatic nitrogens is 1. The second-order valence-corrected chi connectivity index (χ2v) is 3.50. The largest absolute Gasteiger partial charge is 0.236 e. The van der Waals surface area contributed by atoms with Crippen LogP contribution in [0.2, 0.25) is 10.2 Å². The Bertz CT molecular complexity index is 471. The molecule has 5 heteroatoms. The summed E-state index contributed by atoms with van der Waals surface area (Å²) in [5, 5.41) is 0.308. The van der Waals surface area contributed by atoms with Gasteiger partial charge >= 0.3 is 0 Å². The fourth-order valence-electron chi connectivity index (χ4n) is 1.21. The zero-order chi connectivity index (χ0) is 10.3. The van der Waals surface area contributed by atoms with Crippen molar-refractivity contribution in [3.05, 3.63) is 40.0 Å². The molecule has 14 heavy (non-hydrogen) atoms. The van der Waals surface area contributed by atoms with Crippen LogP contribution in [-0.2, 0) is 0 Å². The maximum absolute atomic E-state index is 13.2. The predicted octanol–water partition coefficient (Wildman–Crippen LogP) is 3.82. The van der Waals surface area contributed by atoms with E-state index in [0.717, 1.165) is 12.1 Å². The highest BCUT2D eigenvalue weighted by Gasteiger charge is 2.09. The van der Waals surface area contributed by atoms with Crippen LogP contribution < -0.4 is 0 Å². The number of fused-ring (bicyclic) bond motifs is 1. The summed E-state index contributed by atoms with van der Waals surface area (Å²) in [6, 6.07) is 3.15. The zero-order valence-electron chi connectivity index (χ0n) is 6.69. The molecule has 1 aromatic heterocycles. The van der Waals surface area contributed by atoms with E-state index >= 15 is 0 Å². The summed E-state index contributed by atoms with van der Waals surface area (Å²) in [5.41, 5.74) is 0.111. The lowest BCUT2D eigenvalue weighted by Crippen LogP contribution is -1.88. The minimum atomic E-state index is -0.742. The number of benzene rings is 1. The van der Waals surface area contributed by atoms with Crippen molar-refractivity contribution in [2.75, 3.05) is 0 Å². The van der Waals surface area contributed by atoms with E-state index < -0.39 is 11.6 Å². The standard InChI is InChI=1S/C9H3Cl2F2N/c10-5-3-8(11)14-7-2-4(12)1-6(13)9(5)7/h1-3H. The molecule has 2 rings (SSSR count). The molecular formula is C9H3Cl2F2N. The van der Waals surface area contributed by atoms with Crippen LogP contribution in [0.5, 0.6) is 0 Å². The van der Waals surface area contributed by atoms with Crippen LogP contribution in [0, 0.1) is 11.6 Å². The zero-order valence-corrected chi connectivity index (χ0v) is 8.20. The molecule has 0 aliphatic rings. The van der Waals surface area contributed by atoms with Crippen molar-refractivity contribution < 1.29 is 8.78 Å². The third-order valence-corrected chi connectivity index (χ3v) is 2.24. The van der Waals surface area contributed by atoms with E-state index in [9.17, 15) is 8.78 Å². The van der Waals surface area contributed by atoms with Gasteiger partial charge in [-0.15, -0.1) is 0 Å². The first-order valence-corrected chi connectivity index (χ1v) is 4.44. The Morgan fingerprint density at radius 3 is 2.50 bits per heavy atom. The normalized spacial score (nSPS) is 10.9. The monoisotopic (exact) mass is 233 g/mol. The van der Waals surface area contributed by atoms with Gasteiger partial charge in [0.1, 0.15) is 16.8 Å². The Morgan fingerprint density at radius 1 is 1.07 bits per heavy atom. The first-order valence-electron chi connectivity index (χ1n) is 3.69. The Hall–Kier alpha value is -0.930. The van der Waals surface area contributed by atoms with Gasteiger partial charge in [0.15, 0.2) is 0 Å². The Labute approximate surface area is 88.3 Å². The number of hydrogen-bond acceptors (Lipinski definition) is 1. The summed E-state index contributed by atoms with van der Waals surface area (Å²) in [6.07, 6.45) is 0. The van der Waals surface area contributed by atoms with Gasteiger partial charge in [-0.1, -0.05) is 23.2 Å². The molecule has 0 fully saturated rings. The first kappa shape index (κ1) is 9.62. The molecular weight excluding hydrogens is 231 g/mol. The van der Waals surface area contributed by atoms with E-state index in [2.05, 4.69) is 4.98 Å². The van der Waals surface area contributed by atoms with Gasteiger partial charge < -0.3 is 0 Å². The molecule has 0 bridgehead atoms. The highest BCUT2D eigenvalue weighted by molar-refractivity contribution is 6.37. The average molecular weight is 234 g/mol. The third-order valence-electron chi connectivity index (χ3n) is 1.75. The third kappa shape index (κ3) is 1.53. The van der Waals surface area contributed by atoms with Crippen LogP contribution in [0.15, 0.2) is 18.2 Å². The maximum Gasteiger partial charge on any atom is 0.137 e. The maximum atomic E-state index is 13.2. The van der Waals surface area contributed by atoms with Crippen molar-refractivity contribution in [2.24, 2.45) is 0 Å². The molecule has 0 saturated carbocycles. The van der Waals surface area contributed by atoms with E-state index in [-0.39, 0.29) is 21.1 Å². The Morgan fingerprint density at radius 2 is 1.79 bits per heavy atom. The van der Waals surface area contributed by atoms with Crippen LogP contribution in [0.4, 0.5) is 8.78 Å². The van der Waals surface area contributed by atoms with Crippen LogP contribution in [0.1, 0.15) is 0 Å². The number of pyridine rings is 1. The van der Waals surface area contributed by atoms with Crippen molar-refractivity contribution in [3.8, 4) is 0 Å². The smallest absolute Gasteiger partial charge is 0.137 e. The minimum absolute atomic E-state index is 0.0810. The number of hydrogen-bond donors (Lipinski definition) is 0. The SMILES string of the molecule is Fc1cc(F)c2c(Cl)cc(Cl)nc2c1. The van der Waals surface area contributed by atoms with Crippen LogP contribution in [0.25, 0.3) is 10.9 Å². The summed E-state index contributed by atoms with van der Waals surface area (Å²) in [7, 11) is 0. The minimum Gasteiger partial charge on any atom is -0.236 e. The van der Waals surface area contributed by atoms with E-state index in [1.807, 2.05) is 0 Å². The molecule has 1 aromatic carbocycles. The lowest BCUT2D eigenvalue weighted by Gasteiger charge is -2.02. The molecule has 0 unspecified atom stereocenters. The summed E-state index contributed by atoms with van der Waals surface area (Å²) in [6.45, 7) is 0. The van der Waals surface area contributed by atoms with Crippen molar-refractivity contribution in [3.63, 3.8) is 0 Å². The summed E-state index contributed by atoms with van der Waals surface area (Å²) in [4.78, 5) is 3.76. The summed E-state index contributed by atoms with van der Waals surface area (Å²) < 4.78 is 26.0. The quantitative estimate of drug-likeness (QED) is 0.631. The molecule has 1 heterocycles. The molecule has 0 saturated heterocycles. The van der Waals surface area contributed by atoms with E-state index in [0.29, 0.717) is 0 Å². The Balaban J connectivity index is 2.94. The molecule has 0 radical (unpaired) electrons. The Kier molecular flexibility index (Phi) is 2.29. The van der Waals surface area contributed by atoms with Gasteiger partial charge in [-0.25, -0.2) is 13.8 Å². The molecule has 1 nitrogen and oxygen atoms in total. The van der Waals surface area contributed by atoms with Crippen LogP contribution in [0.3, 0.4) is 0 Å². The van der Waals surface area contributed by atoms with E-state index in [1.165, 1.54) is 6.07 Å². The molecule has 0 aliphatic carbocycles. The van der Waals surface area contributed by atoms with Gasteiger partial charge in [0.25, 0.3) is 0 Å². The molecule has 0 atom stereocenters. The second-order valence-electron chi connectivity index (χ2n) is 2.71. The fourth-order valence-corrected chi connectivity index (χ4v) is 1.76. The van der Waals surface area contributed by atoms with Crippen molar-refractivity contribution in [1.29, 1.82) is 0 Å². The van der Waals surface area contributed by atoms with Crippen molar-refractivity contribution in [1.82, 2.24) is 4.98 Å². The van der Waals surface area contributed by atoms with Gasteiger partial charge in [0.05, 0.1) is 15.9 Å². The lowest BCUT2D eigenvalue weighted by atomic mass is 10.2. The summed E-state index contributed by atoms with van der Waals surface area (Å²) in [5.74, 6) is -1.45. The van der Waals surface area contributed by atoms with Crippen LogP contribution >= 0.6 is 23.2 Å². The van der Waals surface area contributed by atoms with Gasteiger partial charge in [-0.2, -0.15) is 0 Å². The molecule has 0 amide bonds. The molecule has 0 spiro atoms. The van der Waals surface area contributed by atoms with Gasteiger partial charge in [-0.05, 0) is 6.07 Å². The number of nitrogens with zero attached hydrogens (tertiary/aromatic N) is 1. The lowest BCUT2D eigenvalue weighted by molar-refractivity contribution is 0.591. The van der Waals surface area contributed by atoms with E-state index in [4.69, 9.17) is 23.2 Å². The van der Waals surface area contributed by atoms with Crippen LogP contribution in [-0.4, -0.2) is 4.98 Å². The highest BCUT2D eigenvalue weighted by Crippen LogP contribution is 2.28. The predicted molar refractivity (Wildman–Crippen MR) is 51.7 cm³/mol. The molecule has 0 aliphatic heterocycles. The molecule has 0 N–H and O–H groups in total. The van der Waals surface area contributed by atoms with Gasteiger partial charge in [0, 0.05) is 12.1 Å². The fraction of sp³-hybridized carbons (Fsp3) is 0. The van der Waals surface area contributed by atoms with Crippen molar-refractivity contribution in [2.45, 2.75) is 0 Å². The molecule has 2 aromatic rings. The topological polar surface area (TPSA) is 12.9 Å². The first-order chi connectivity index (χ1) is 6.58. The molecule has 72 valence electrons. The van der Waals surface area contributed by atoms with E-state index in [1.54, 1.807) is 0 Å².